The molecule has 0 spiro atoms. The Hall–Kier alpha value is -1.35. The molecule has 3 heteroatoms. The zero-order valence-electron chi connectivity index (χ0n) is 11.0. The van der Waals surface area contributed by atoms with E-state index in [1.807, 2.05) is 0 Å². The molecule has 1 aromatic rings. The van der Waals surface area contributed by atoms with E-state index >= 15 is 0 Å². The fourth-order valence-electron chi connectivity index (χ4n) is 1.94. The Balaban J connectivity index is 1.56. The molecule has 1 aromatic carbocycles. The highest BCUT2D eigenvalue weighted by Gasteiger charge is 2.21. The number of carbonyl (C=O) groups excluding carboxylic acids is 1. The van der Waals surface area contributed by atoms with Crippen molar-refractivity contribution in [3.8, 4) is 0 Å². The highest BCUT2D eigenvalue weighted by Crippen LogP contribution is 2.27. The zero-order chi connectivity index (χ0) is 12.8. The van der Waals surface area contributed by atoms with Gasteiger partial charge in [-0.3, -0.25) is 4.79 Å². The summed E-state index contributed by atoms with van der Waals surface area (Å²) < 4.78 is 0. The van der Waals surface area contributed by atoms with Gasteiger partial charge in [0.25, 0.3) is 0 Å². The predicted molar refractivity (Wildman–Crippen MR) is 73.5 cm³/mol. The van der Waals surface area contributed by atoms with E-state index in [2.05, 4.69) is 41.8 Å². The SMILES string of the molecule is Cc1cccc(CCNCC(=O)NCC2CC2)c1. The summed E-state index contributed by atoms with van der Waals surface area (Å²) in [7, 11) is 0. The van der Waals surface area contributed by atoms with Crippen LogP contribution in [-0.2, 0) is 11.2 Å². The first-order valence-corrected chi connectivity index (χ1v) is 6.77. The van der Waals surface area contributed by atoms with Gasteiger partial charge in [-0.1, -0.05) is 29.8 Å². The Bertz CT molecular complexity index is 399. The number of hydrogen-bond donors (Lipinski definition) is 2. The molecule has 2 rings (SSSR count). The maximum atomic E-state index is 11.5. The summed E-state index contributed by atoms with van der Waals surface area (Å²) >= 11 is 0. The van der Waals surface area contributed by atoms with Crippen LogP contribution in [0.4, 0.5) is 0 Å². The molecule has 1 aliphatic carbocycles. The van der Waals surface area contributed by atoms with Crippen molar-refractivity contribution in [2.45, 2.75) is 26.2 Å². The molecule has 98 valence electrons. The molecule has 0 atom stereocenters. The van der Waals surface area contributed by atoms with Crippen LogP contribution in [0.3, 0.4) is 0 Å². The van der Waals surface area contributed by atoms with Crippen molar-refractivity contribution in [3.63, 3.8) is 0 Å². The second-order valence-electron chi connectivity index (χ2n) is 5.16. The molecule has 0 heterocycles. The summed E-state index contributed by atoms with van der Waals surface area (Å²) in [6, 6.07) is 8.49. The molecule has 0 aromatic heterocycles. The standard InChI is InChI=1S/C15H22N2O/c1-12-3-2-4-13(9-12)7-8-16-11-15(18)17-10-14-5-6-14/h2-4,9,14,16H,5-8,10-11H2,1H3,(H,17,18). The van der Waals surface area contributed by atoms with E-state index < -0.39 is 0 Å². The molecule has 1 saturated carbocycles. The van der Waals surface area contributed by atoms with Crippen LogP contribution >= 0.6 is 0 Å². The van der Waals surface area contributed by atoms with Crippen molar-refractivity contribution in [3.05, 3.63) is 35.4 Å². The third-order valence-corrected chi connectivity index (χ3v) is 3.24. The maximum Gasteiger partial charge on any atom is 0.233 e. The Morgan fingerprint density at radius 1 is 1.39 bits per heavy atom. The van der Waals surface area contributed by atoms with Gasteiger partial charge in [-0.05, 0) is 44.2 Å². The van der Waals surface area contributed by atoms with Gasteiger partial charge in [-0.15, -0.1) is 0 Å². The summed E-state index contributed by atoms with van der Waals surface area (Å²) in [5.41, 5.74) is 2.61. The van der Waals surface area contributed by atoms with Crippen LogP contribution < -0.4 is 10.6 Å². The quantitative estimate of drug-likeness (QED) is 0.718. The summed E-state index contributed by atoms with van der Waals surface area (Å²) in [6.45, 7) is 4.24. The lowest BCUT2D eigenvalue weighted by molar-refractivity contribution is -0.120. The topological polar surface area (TPSA) is 41.1 Å². The zero-order valence-corrected chi connectivity index (χ0v) is 11.0. The molecule has 0 unspecified atom stereocenters. The number of aryl methyl sites for hydroxylation is 1. The first-order chi connectivity index (χ1) is 8.74. The summed E-state index contributed by atoms with van der Waals surface area (Å²) in [5.74, 6) is 0.868. The van der Waals surface area contributed by atoms with Crippen LogP contribution in [0.2, 0.25) is 0 Å². The van der Waals surface area contributed by atoms with Crippen LogP contribution in [0.15, 0.2) is 24.3 Å². The Morgan fingerprint density at radius 3 is 2.94 bits per heavy atom. The van der Waals surface area contributed by atoms with Crippen molar-refractivity contribution in [2.24, 2.45) is 5.92 Å². The molecule has 0 aliphatic heterocycles. The van der Waals surface area contributed by atoms with Crippen LogP contribution in [-0.4, -0.2) is 25.5 Å². The lowest BCUT2D eigenvalue weighted by atomic mass is 10.1. The summed E-state index contributed by atoms with van der Waals surface area (Å²) in [5, 5.41) is 6.14. The van der Waals surface area contributed by atoms with Crippen LogP contribution in [0, 0.1) is 12.8 Å². The van der Waals surface area contributed by atoms with Crippen molar-refractivity contribution in [1.29, 1.82) is 0 Å². The van der Waals surface area contributed by atoms with Crippen molar-refractivity contribution in [2.75, 3.05) is 19.6 Å². The molecule has 0 bridgehead atoms. The van der Waals surface area contributed by atoms with Gasteiger partial charge in [-0.25, -0.2) is 0 Å². The van der Waals surface area contributed by atoms with Gasteiger partial charge in [0, 0.05) is 6.54 Å². The van der Waals surface area contributed by atoms with Crippen LogP contribution in [0.1, 0.15) is 24.0 Å². The van der Waals surface area contributed by atoms with Gasteiger partial charge >= 0.3 is 0 Å². The lowest BCUT2D eigenvalue weighted by Crippen LogP contribution is -2.35. The Morgan fingerprint density at radius 2 is 2.22 bits per heavy atom. The van der Waals surface area contributed by atoms with Gasteiger partial charge in [0.2, 0.25) is 5.91 Å². The average Bonchev–Trinajstić information content (AvgIpc) is 3.16. The molecular weight excluding hydrogens is 224 g/mol. The fraction of sp³-hybridized carbons (Fsp3) is 0.533. The lowest BCUT2D eigenvalue weighted by Gasteiger charge is -2.06. The van der Waals surface area contributed by atoms with Crippen molar-refractivity contribution >= 4 is 5.91 Å². The van der Waals surface area contributed by atoms with Crippen molar-refractivity contribution < 1.29 is 4.79 Å². The highest BCUT2D eigenvalue weighted by molar-refractivity contribution is 5.77. The monoisotopic (exact) mass is 246 g/mol. The van der Waals surface area contributed by atoms with E-state index in [9.17, 15) is 4.79 Å². The van der Waals surface area contributed by atoms with E-state index in [1.54, 1.807) is 0 Å². The molecule has 1 aliphatic rings. The summed E-state index contributed by atoms with van der Waals surface area (Å²) in [4.78, 5) is 11.5. The molecule has 0 saturated heterocycles. The number of nitrogens with one attached hydrogen (secondary N) is 2. The van der Waals surface area contributed by atoms with E-state index in [4.69, 9.17) is 0 Å². The van der Waals surface area contributed by atoms with Gasteiger partial charge in [0.05, 0.1) is 6.54 Å². The smallest absolute Gasteiger partial charge is 0.233 e. The van der Waals surface area contributed by atoms with Gasteiger partial charge in [-0.2, -0.15) is 0 Å². The van der Waals surface area contributed by atoms with E-state index in [-0.39, 0.29) is 5.91 Å². The summed E-state index contributed by atoms with van der Waals surface area (Å²) in [6.07, 6.45) is 3.53. The number of benzene rings is 1. The minimum atomic E-state index is 0.117. The fourth-order valence-corrected chi connectivity index (χ4v) is 1.94. The Kier molecular flexibility index (Phi) is 4.76. The first-order valence-electron chi connectivity index (χ1n) is 6.77. The number of hydrogen-bond acceptors (Lipinski definition) is 2. The maximum absolute atomic E-state index is 11.5. The van der Waals surface area contributed by atoms with Gasteiger partial charge < -0.3 is 10.6 Å². The predicted octanol–water partition coefficient (Wildman–Crippen LogP) is 1.65. The van der Waals surface area contributed by atoms with Gasteiger partial charge in [0.15, 0.2) is 0 Å². The second-order valence-corrected chi connectivity index (χ2v) is 5.16. The number of carbonyl (C=O) groups is 1. The molecule has 1 fully saturated rings. The molecule has 3 nitrogen and oxygen atoms in total. The van der Waals surface area contributed by atoms with E-state index in [0.717, 1.165) is 25.4 Å². The van der Waals surface area contributed by atoms with Crippen LogP contribution in [0.5, 0.6) is 0 Å². The van der Waals surface area contributed by atoms with Crippen molar-refractivity contribution in [1.82, 2.24) is 10.6 Å². The molecule has 2 N–H and O–H groups in total. The molecule has 0 radical (unpaired) electrons. The third-order valence-electron chi connectivity index (χ3n) is 3.24. The minimum Gasteiger partial charge on any atom is -0.355 e. The molecular formula is C15H22N2O. The second kappa shape index (κ2) is 6.55. The van der Waals surface area contributed by atoms with Crippen LogP contribution in [0.25, 0.3) is 0 Å². The van der Waals surface area contributed by atoms with E-state index in [1.165, 1.54) is 24.0 Å². The average molecular weight is 246 g/mol. The number of rotatable bonds is 7. The normalized spacial score (nSPS) is 14.5. The van der Waals surface area contributed by atoms with Gasteiger partial charge in [0.1, 0.15) is 0 Å². The third kappa shape index (κ3) is 4.88. The molecule has 18 heavy (non-hydrogen) atoms. The largest absolute Gasteiger partial charge is 0.355 e. The molecule has 1 amide bonds. The van der Waals surface area contributed by atoms with E-state index in [0.29, 0.717) is 6.54 Å². The number of amides is 1. The first kappa shape index (κ1) is 13.1. The Labute approximate surface area is 109 Å². The minimum absolute atomic E-state index is 0.117. The highest BCUT2D eigenvalue weighted by atomic mass is 16.1.